The van der Waals surface area contributed by atoms with E-state index >= 15 is 0 Å². The molecule has 0 aliphatic carbocycles. The molecular weight excluding hydrogens is 236 g/mol. The number of nitrogens with one attached hydrogen (secondary N) is 1. The minimum atomic E-state index is 0.697. The molecule has 0 aliphatic rings. The highest BCUT2D eigenvalue weighted by Gasteiger charge is 2.07. The Morgan fingerprint density at radius 3 is 2.94 bits per heavy atom. The first-order chi connectivity index (χ1) is 8.33. The third-order valence-electron chi connectivity index (χ3n) is 2.07. The van der Waals surface area contributed by atoms with Crippen molar-refractivity contribution in [2.24, 2.45) is 0 Å². The van der Waals surface area contributed by atoms with E-state index in [0.717, 1.165) is 27.9 Å². The fourth-order valence-corrected chi connectivity index (χ4v) is 1.95. The molecule has 2 aromatic rings. The topological polar surface area (TPSA) is 59.9 Å². The fourth-order valence-electron chi connectivity index (χ4n) is 1.28. The van der Waals surface area contributed by atoms with E-state index in [1.807, 2.05) is 13.1 Å². The molecule has 0 atom stereocenters. The van der Waals surface area contributed by atoms with E-state index in [2.05, 4.69) is 27.4 Å². The maximum absolute atomic E-state index is 5.53. The molecule has 90 valence electrons. The van der Waals surface area contributed by atoms with Crippen LogP contribution in [0.3, 0.4) is 0 Å². The van der Waals surface area contributed by atoms with Crippen molar-refractivity contribution in [3.8, 4) is 16.3 Å². The Balaban J connectivity index is 2.20. The number of hydrogen-bond acceptors (Lipinski definition) is 6. The molecule has 2 heterocycles. The molecule has 17 heavy (non-hydrogen) atoms. The maximum Gasteiger partial charge on any atom is 0.205 e. The molecule has 0 fully saturated rings. The Morgan fingerprint density at radius 2 is 2.24 bits per heavy atom. The monoisotopic (exact) mass is 250 g/mol. The summed E-state index contributed by atoms with van der Waals surface area (Å²) in [5.74, 6) is 0.769. The zero-order chi connectivity index (χ0) is 12.1. The van der Waals surface area contributed by atoms with E-state index in [4.69, 9.17) is 4.74 Å². The zero-order valence-electron chi connectivity index (χ0n) is 9.80. The normalized spacial score (nSPS) is 10.2. The average Bonchev–Trinajstić information content (AvgIpc) is 2.85. The summed E-state index contributed by atoms with van der Waals surface area (Å²) >= 11 is 1.49. The van der Waals surface area contributed by atoms with E-state index in [0.29, 0.717) is 6.61 Å². The van der Waals surface area contributed by atoms with E-state index < -0.39 is 0 Å². The minimum Gasteiger partial charge on any atom is -0.492 e. The molecule has 0 amide bonds. The van der Waals surface area contributed by atoms with Gasteiger partial charge in [-0.2, -0.15) is 0 Å². The number of pyridine rings is 1. The number of ether oxygens (including phenoxy) is 1. The molecule has 6 heteroatoms. The van der Waals surface area contributed by atoms with Gasteiger partial charge in [-0.25, -0.2) is 0 Å². The van der Waals surface area contributed by atoms with E-state index in [-0.39, 0.29) is 0 Å². The molecule has 0 unspecified atom stereocenters. The molecule has 0 bridgehead atoms. The lowest BCUT2D eigenvalue weighted by atomic mass is 10.3. The van der Waals surface area contributed by atoms with Gasteiger partial charge in [0.2, 0.25) is 5.13 Å². The molecule has 2 rings (SSSR count). The van der Waals surface area contributed by atoms with Gasteiger partial charge >= 0.3 is 0 Å². The van der Waals surface area contributed by atoms with Crippen LogP contribution in [-0.2, 0) is 0 Å². The third-order valence-corrected chi connectivity index (χ3v) is 3.06. The van der Waals surface area contributed by atoms with Crippen LogP contribution in [0.2, 0.25) is 0 Å². The van der Waals surface area contributed by atoms with Crippen molar-refractivity contribution in [2.45, 2.75) is 13.3 Å². The first-order valence-corrected chi connectivity index (χ1v) is 6.24. The van der Waals surface area contributed by atoms with Crippen molar-refractivity contribution in [2.75, 3.05) is 19.0 Å². The number of anilines is 1. The second kappa shape index (κ2) is 5.58. The summed E-state index contributed by atoms with van der Waals surface area (Å²) in [7, 11) is 1.82. The molecule has 0 radical (unpaired) electrons. The highest BCUT2D eigenvalue weighted by Crippen LogP contribution is 2.27. The molecule has 0 saturated carbocycles. The average molecular weight is 250 g/mol. The molecule has 5 nitrogen and oxygen atoms in total. The number of rotatable bonds is 5. The van der Waals surface area contributed by atoms with Gasteiger partial charge in [-0.05, 0) is 12.5 Å². The van der Waals surface area contributed by atoms with Crippen LogP contribution in [0.15, 0.2) is 18.5 Å². The summed E-state index contributed by atoms with van der Waals surface area (Å²) in [6.07, 6.45) is 4.45. The van der Waals surface area contributed by atoms with Crippen molar-refractivity contribution < 1.29 is 4.74 Å². The van der Waals surface area contributed by atoms with Gasteiger partial charge in [-0.1, -0.05) is 18.3 Å². The quantitative estimate of drug-likeness (QED) is 0.883. The molecule has 0 aromatic carbocycles. The van der Waals surface area contributed by atoms with E-state index in [9.17, 15) is 0 Å². The summed E-state index contributed by atoms with van der Waals surface area (Å²) in [4.78, 5) is 4.14. The van der Waals surface area contributed by atoms with E-state index in [1.165, 1.54) is 11.3 Å². The summed E-state index contributed by atoms with van der Waals surface area (Å²) in [5.41, 5.74) is 0.928. The van der Waals surface area contributed by atoms with Gasteiger partial charge in [-0.3, -0.25) is 4.98 Å². The summed E-state index contributed by atoms with van der Waals surface area (Å²) in [6, 6.07) is 1.93. The molecule has 0 aliphatic heterocycles. The Labute approximate surface area is 104 Å². The highest BCUT2D eigenvalue weighted by atomic mass is 32.1. The van der Waals surface area contributed by atoms with Crippen LogP contribution >= 0.6 is 11.3 Å². The summed E-state index contributed by atoms with van der Waals surface area (Å²) in [5, 5.41) is 12.7. The Bertz CT molecular complexity index is 486. The second-order valence-electron chi connectivity index (χ2n) is 3.42. The van der Waals surface area contributed by atoms with Crippen LogP contribution in [0.25, 0.3) is 10.6 Å². The van der Waals surface area contributed by atoms with Crippen molar-refractivity contribution in [3.63, 3.8) is 0 Å². The van der Waals surface area contributed by atoms with E-state index in [1.54, 1.807) is 12.4 Å². The van der Waals surface area contributed by atoms with Crippen molar-refractivity contribution in [1.82, 2.24) is 15.2 Å². The van der Waals surface area contributed by atoms with Gasteiger partial charge in [0.15, 0.2) is 5.01 Å². The van der Waals surface area contributed by atoms with Crippen LogP contribution < -0.4 is 10.1 Å². The lowest BCUT2D eigenvalue weighted by Crippen LogP contribution is -1.95. The lowest BCUT2D eigenvalue weighted by Gasteiger charge is -2.04. The zero-order valence-corrected chi connectivity index (χ0v) is 10.6. The van der Waals surface area contributed by atoms with Crippen molar-refractivity contribution in [1.29, 1.82) is 0 Å². The van der Waals surface area contributed by atoms with Crippen LogP contribution in [0.5, 0.6) is 5.75 Å². The maximum atomic E-state index is 5.53. The lowest BCUT2D eigenvalue weighted by molar-refractivity contribution is 0.316. The Morgan fingerprint density at radius 1 is 1.35 bits per heavy atom. The van der Waals surface area contributed by atoms with Crippen LogP contribution in [0, 0.1) is 0 Å². The number of nitrogens with zero attached hydrogens (tertiary/aromatic N) is 3. The Hall–Kier alpha value is -1.69. The molecule has 1 N–H and O–H groups in total. The highest BCUT2D eigenvalue weighted by molar-refractivity contribution is 7.18. The van der Waals surface area contributed by atoms with Gasteiger partial charge in [-0.15, -0.1) is 10.2 Å². The molecule has 0 saturated heterocycles. The molecular formula is C11H14N4OS. The van der Waals surface area contributed by atoms with Gasteiger partial charge < -0.3 is 10.1 Å². The predicted molar refractivity (Wildman–Crippen MR) is 68.5 cm³/mol. The van der Waals surface area contributed by atoms with Crippen LogP contribution in [0.1, 0.15) is 13.3 Å². The van der Waals surface area contributed by atoms with Gasteiger partial charge in [0.05, 0.1) is 12.8 Å². The largest absolute Gasteiger partial charge is 0.492 e. The minimum absolute atomic E-state index is 0.697. The molecule has 0 spiro atoms. The van der Waals surface area contributed by atoms with Crippen molar-refractivity contribution >= 4 is 16.5 Å². The standard InChI is InChI=1S/C11H14N4OS/c1-3-4-16-9-5-8(6-13-7-9)10-14-15-11(12-2)17-10/h5-7H,3-4H2,1-2H3,(H,12,15). The smallest absolute Gasteiger partial charge is 0.205 e. The van der Waals surface area contributed by atoms with Gasteiger partial charge in [0.1, 0.15) is 5.75 Å². The predicted octanol–water partition coefficient (Wildman–Crippen LogP) is 2.43. The van der Waals surface area contributed by atoms with Crippen LogP contribution in [0.4, 0.5) is 5.13 Å². The first kappa shape index (κ1) is 11.8. The Kier molecular flexibility index (Phi) is 3.87. The van der Waals surface area contributed by atoms with Crippen LogP contribution in [-0.4, -0.2) is 28.8 Å². The summed E-state index contributed by atoms with van der Waals surface area (Å²) < 4.78 is 5.53. The van der Waals surface area contributed by atoms with Gasteiger partial charge in [0.25, 0.3) is 0 Å². The SMILES string of the molecule is CCCOc1cncc(-c2nnc(NC)s2)c1. The second-order valence-corrected chi connectivity index (χ2v) is 4.40. The third kappa shape index (κ3) is 2.91. The number of hydrogen-bond donors (Lipinski definition) is 1. The number of aromatic nitrogens is 3. The fraction of sp³-hybridized carbons (Fsp3) is 0.364. The summed E-state index contributed by atoms with van der Waals surface area (Å²) in [6.45, 7) is 2.77. The van der Waals surface area contributed by atoms with Crippen molar-refractivity contribution in [3.05, 3.63) is 18.5 Å². The van der Waals surface area contributed by atoms with Gasteiger partial charge in [0, 0.05) is 18.8 Å². The molecule has 2 aromatic heterocycles. The first-order valence-electron chi connectivity index (χ1n) is 5.43.